The summed E-state index contributed by atoms with van der Waals surface area (Å²) in [6.07, 6.45) is 3.18. The minimum absolute atomic E-state index is 0.0386. The van der Waals surface area contributed by atoms with Gasteiger partial charge in [0.15, 0.2) is 11.4 Å². The number of oxazole rings is 1. The maximum absolute atomic E-state index is 13.3. The number of aromatic nitrogens is 1. The van der Waals surface area contributed by atoms with Gasteiger partial charge in [0.1, 0.15) is 5.52 Å². The number of likely N-dealkylation sites (tertiary alicyclic amines) is 1. The van der Waals surface area contributed by atoms with Crippen molar-refractivity contribution in [3.05, 3.63) is 53.6 Å². The first-order valence-electron chi connectivity index (χ1n) is 13.3. The molecule has 2 N–H and O–H groups in total. The van der Waals surface area contributed by atoms with E-state index >= 15 is 0 Å². The van der Waals surface area contributed by atoms with Crippen LogP contribution in [0.3, 0.4) is 0 Å². The normalized spacial score (nSPS) is 22.9. The lowest BCUT2D eigenvalue weighted by Gasteiger charge is -2.33. The lowest BCUT2D eigenvalue weighted by Crippen LogP contribution is -2.46. The number of fused-ring (bicyclic) bond motifs is 1. The molecule has 0 amide bonds. The predicted molar refractivity (Wildman–Crippen MR) is 142 cm³/mol. The molecule has 2 unspecified atom stereocenters. The number of nitrogens with zero attached hydrogens (tertiary/aromatic N) is 2. The molecule has 5 rings (SSSR count). The minimum atomic E-state index is -1.14. The van der Waals surface area contributed by atoms with Crippen molar-refractivity contribution in [3.8, 4) is 0 Å². The third kappa shape index (κ3) is 5.90. The lowest BCUT2D eigenvalue weighted by molar-refractivity contribution is -0.226. The first kappa shape index (κ1) is 26.3. The van der Waals surface area contributed by atoms with Crippen LogP contribution in [0.2, 0.25) is 0 Å². The third-order valence-electron chi connectivity index (χ3n) is 7.69. The van der Waals surface area contributed by atoms with Crippen LogP contribution >= 0.6 is 0 Å². The van der Waals surface area contributed by atoms with Crippen molar-refractivity contribution in [1.82, 2.24) is 9.88 Å². The summed E-state index contributed by atoms with van der Waals surface area (Å²) >= 11 is 0. The van der Waals surface area contributed by atoms with Crippen molar-refractivity contribution in [2.45, 2.75) is 70.4 Å². The van der Waals surface area contributed by atoms with E-state index in [4.69, 9.17) is 13.9 Å². The van der Waals surface area contributed by atoms with Crippen molar-refractivity contribution in [2.24, 2.45) is 5.92 Å². The Morgan fingerprint density at radius 1 is 1.16 bits per heavy atom. The van der Waals surface area contributed by atoms with Gasteiger partial charge in [-0.25, -0.2) is 4.90 Å². The Labute approximate surface area is 222 Å². The molecule has 9 heteroatoms. The zero-order valence-corrected chi connectivity index (χ0v) is 21.9. The molecule has 202 valence electrons. The topological polar surface area (TPSA) is 114 Å². The van der Waals surface area contributed by atoms with Crippen LogP contribution in [0.25, 0.3) is 11.1 Å². The van der Waals surface area contributed by atoms with Crippen molar-refractivity contribution >= 4 is 34.6 Å². The molecule has 1 aromatic heterocycles. The highest BCUT2D eigenvalue weighted by molar-refractivity contribution is 5.87. The second-order valence-corrected chi connectivity index (χ2v) is 10.3. The number of aryl methyl sites for hydroxylation is 1. The summed E-state index contributed by atoms with van der Waals surface area (Å²) < 4.78 is 16.7. The summed E-state index contributed by atoms with van der Waals surface area (Å²) in [6.45, 7) is 2.61. The van der Waals surface area contributed by atoms with Gasteiger partial charge in [-0.3, -0.25) is 9.59 Å². The van der Waals surface area contributed by atoms with E-state index in [0.717, 1.165) is 23.2 Å². The summed E-state index contributed by atoms with van der Waals surface area (Å²) in [6, 6.07) is 13.5. The Balaban J connectivity index is 1.18. The number of nitrogens with one attached hydrogen (secondary N) is 1. The molecule has 1 saturated carbocycles. The molecule has 0 bridgehead atoms. The van der Waals surface area contributed by atoms with Crippen molar-refractivity contribution < 1.29 is 28.6 Å². The first-order chi connectivity index (χ1) is 18.4. The molecule has 0 radical (unpaired) electrons. The molecule has 9 nitrogen and oxygen atoms in total. The van der Waals surface area contributed by atoms with E-state index in [1.807, 2.05) is 49.4 Å². The number of esters is 1. The Morgan fingerprint density at radius 2 is 1.95 bits per heavy atom. The van der Waals surface area contributed by atoms with Crippen LogP contribution < -0.4 is 5.32 Å². The third-order valence-corrected chi connectivity index (χ3v) is 7.69. The zero-order chi connectivity index (χ0) is 26.6. The van der Waals surface area contributed by atoms with Gasteiger partial charge in [-0.2, -0.15) is 4.98 Å². The lowest BCUT2D eigenvalue weighted by atomic mass is 9.87. The molecule has 2 aromatic carbocycles. The number of aliphatic hydroxyl groups excluding tert-OH is 1. The summed E-state index contributed by atoms with van der Waals surface area (Å²) in [4.78, 5) is 31.3. The van der Waals surface area contributed by atoms with Gasteiger partial charge in [-0.05, 0) is 74.8 Å². The minimum Gasteiger partial charge on any atom is -0.469 e. The summed E-state index contributed by atoms with van der Waals surface area (Å²) in [5, 5.41) is 14.0. The SMILES string of the molecule is COC(=O)C1CCC(OC(O)N2CCCC2C(=O)Cc2ccc3nc(Nc4ccccc4C)oc3c2)CC1. The van der Waals surface area contributed by atoms with Crippen LogP contribution in [0.4, 0.5) is 11.7 Å². The average molecular weight is 522 g/mol. The van der Waals surface area contributed by atoms with Crippen molar-refractivity contribution in [1.29, 1.82) is 0 Å². The quantitative estimate of drug-likeness (QED) is 0.311. The van der Waals surface area contributed by atoms with E-state index in [1.54, 1.807) is 4.90 Å². The van der Waals surface area contributed by atoms with Gasteiger partial charge < -0.3 is 24.3 Å². The highest BCUT2D eigenvalue weighted by atomic mass is 16.6. The Hall–Kier alpha value is -3.27. The fourth-order valence-corrected chi connectivity index (χ4v) is 5.53. The molecule has 1 aliphatic carbocycles. The number of rotatable bonds is 9. The van der Waals surface area contributed by atoms with Crippen LogP contribution in [-0.2, 0) is 25.5 Å². The summed E-state index contributed by atoms with van der Waals surface area (Å²) in [7, 11) is 1.41. The van der Waals surface area contributed by atoms with Crippen LogP contribution in [0.15, 0.2) is 46.9 Å². The molecule has 2 fully saturated rings. The van der Waals surface area contributed by atoms with Crippen LogP contribution in [0, 0.1) is 12.8 Å². The van der Waals surface area contributed by atoms with E-state index in [9.17, 15) is 14.7 Å². The number of aliphatic hydroxyl groups is 1. The predicted octanol–water partition coefficient (Wildman–Crippen LogP) is 4.48. The summed E-state index contributed by atoms with van der Waals surface area (Å²) in [5.74, 6) is -0.248. The molecule has 2 atom stereocenters. The molecule has 0 spiro atoms. The fourth-order valence-electron chi connectivity index (χ4n) is 5.53. The van der Waals surface area contributed by atoms with Crippen LogP contribution in [0.5, 0.6) is 0 Å². The maximum Gasteiger partial charge on any atom is 0.308 e. The number of para-hydroxylation sites is 1. The number of hydrogen-bond donors (Lipinski definition) is 2. The van der Waals surface area contributed by atoms with E-state index < -0.39 is 12.5 Å². The molecular formula is C29H35N3O6. The number of ether oxygens (including phenoxy) is 2. The molecule has 2 heterocycles. The molecule has 1 aliphatic heterocycles. The van der Waals surface area contributed by atoms with Gasteiger partial charge >= 0.3 is 5.97 Å². The first-order valence-corrected chi connectivity index (χ1v) is 13.3. The Bertz CT molecular complexity index is 1280. The largest absolute Gasteiger partial charge is 0.469 e. The van der Waals surface area contributed by atoms with Gasteiger partial charge in [0.05, 0.1) is 25.2 Å². The molecule has 2 aliphatic rings. The fraction of sp³-hybridized carbons (Fsp3) is 0.483. The summed E-state index contributed by atoms with van der Waals surface area (Å²) in [5.41, 5.74) is 4.17. The smallest absolute Gasteiger partial charge is 0.308 e. The highest BCUT2D eigenvalue weighted by Crippen LogP contribution is 2.30. The maximum atomic E-state index is 13.3. The van der Waals surface area contributed by atoms with Gasteiger partial charge in [0.2, 0.25) is 6.41 Å². The molecule has 38 heavy (non-hydrogen) atoms. The number of anilines is 2. The van der Waals surface area contributed by atoms with Gasteiger partial charge in [0, 0.05) is 18.7 Å². The standard InChI is InChI=1S/C29H35N3O6/c1-18-6-3-4-7-22(18)30-28-31-23-14-9-19(17-26(23)38-28)16-25(33)24-8-5-15-32(24)29(35)37-21-12-10-20(11-13-21)27(34)36-2/h3-4,6-7,9,14,17,20-21,24,29,35H,5,8,10-13,15-16H2,1-2H3,(H,30,31). The number of carbonyl (C=O) groups is 2. The van der Waals surface area contributed by atoms with Crippen LogP contribution in [-0.4, -0.2) is 59.0 Å². The number of Topliss-reactive ketones (excluding diaryl/α,β-unsaturated/α-hetero) is 1. The second-order valence-electron chi connectivity index (χ2n) is 10.3. The van der Waals surface area contributed by atoms with Crippen LogP contribution in [0.1, 0.15) is 49.7 Å². The molecule has 3 aromatic rings. The monoisotopic (exact) mass is 521 g/mol. The van der Waals surface area contributed by atoms with Crippen molar-refractivity contribution in [2.75, 3.05) is 19.0 Å². The number of carbonyl (C=O) groups excluding carboxylic acids is 2. The molecular weight excluding hydrogens is 486 g/mol. The average Bonchev–Trinajstić information content (AvgIpc) is 3.57. The Morgan fingerprint density at radius 3 is 2.71 bits per heavy atom. The zero-order valence-electron chi connectivity index (χ0n) is 21.9. The number of methoxy groups -OCH3 is 1. The van der Waals surface area contributed by atoms with Gasteiger partial charge in [-0.15, -0.1) is 0 Å². The second kappa shape index (κ2) is 11.6. The number of benzene rings is 2. The van der Waals surface area contributed by atoms with E-state index in [-0.39, 0.29) is 30.2 Å². The van der Waals surface area contributed by atoms with Crippen molar-refractivity contribution in [3.63, 3.8) is 0 Å². The van der Waals surface area contributed by atoms with Gasteiger partial charge in [0.25, 0.3) is 6.01 Å². The number of hydrogen-bond acceptors (Lipinski definition) is 9. The van der Waals surface area contributed by atoms with E-state index in [0.29, 0.717) is 55.8 Å². The van der Waals surface area contributed by atoms with E-state index in [2.05, 4.69) is 10.3 Å². The number of ketones is 1. The van der Waals surface area contributed by atoms with E-state index in [1.165, 1.54) is 7.11 Å². The molecule has 1 saturated heterocycles. The Kier molecular flexibility index (Phi) is 8.06. The van der Waals surface area contributed by atoms with Gasteiger partial charge in [-0.1, -0.05) is 24.3 Å². The highest BCUT2D eigenvalue weighted by Gasteiger charge is 2.37.